The number of hydrogen-bond acceptors (Lipinski definition) is 5. The van der Waals surface area contributed by atoms with Gasteiger partial charge in [0.25, 0.3) is 11.5 Å². The number of carbonyl (C=O) groups excluding carboxylic acids is 2. The minimum atomic E-state index is -0.731. The SMILES string of the molecule is CCCCCC(C)NC(=O)COC(=O)c1nn(C)c(=O)c2ccccc12. The number of esters is 1. The molecule has 140 valence electrons. The molecule has 1 atom stereocenters. The minimum absolute atomic E-state index is 0.0199. The number of aryl methyl sites for hydroxylation is 1. The summed E-state index contributed by atoms with van der Waals surface area (Å²) in [5, 5.41) is 7.59. The summed E-state index contributed by atoms with van der Waals surface area (Å²) in [5.74, 6) is -1.08. The Morgan fingerprint density at radius 3 is 2.62 bits per heavy atom. The molecule has 2 aromatic rings. The average molecular weight is 359 g/mol. The number of nitrogens with one attached hydrogen (secondary N) is 1. The molecule has 0 saturated heterocycles. The van der Waals surface area contributed by atoms with Gasteiger partial charge in [-0.1, -0.05) is 44.4 Å². The van der Waals surface area contributed by atoms with Gasteiger partial charge in [0.1, 0.15) is 0 Å². The van der Waals surface area contributed by atoms with Crippen LogP contribution in [0.1, 0.15) is 50.0 Å². The van der Waals surface area contributed by atoms with Gasteiger partial charge in [-0.2, -0.15) is 5.10 Å². The Balaban J connectivity index is 2.00. The molecule has 0 spiro atoms. The van der Waals surface area contributed by atoms with E-state index in [1.165, 1.54) is 7.05 Å². The van der Waals surface area contributed by atoms with Crippen molar-refractivity contribution in [3.63, 3.8) is 0 Å². The van der Waals surface area contributed by atoms with Gasteiger partial charge >= 0.3 is 5.97 Å². The molecule has 0 aliphatic rings. The third-order valence-corrected chi connectivity index (χ3v) is 4.13. The first kappa shape index (κ1) is 19.6. The Morgan fingerprint density at radius 2 is 1.92 bits per heavy atom. The molecule has 1 unspecified atom stereocenters. The minimum Gasteiger partial charge on any atom is -0.451 e. The van der Waals surface area contributed by atoms with E-state index in [1.54, 1.807) is 24.3 Å². The van der Waals surface area contributed by atoms with Crippen LogP contribution in [-0.4, -0.2) is 34.3 Å². The van der Waals surface area contributed by atoms with Crippen LogP contribution in [0.3, 0.4) is 0 Å². The van der Waals surface area contributed by atoms with Crippen LogP contribution in [0.5, 0.6) is 0 Å². The summed E-state index contributed by atoms with van der Waals surface area (Å²) in [6.07, 6.45) is 4.19. The third-order valence-electron chi connectivity index (χ3n) is 4.13. The van der Waals surface area contributed by atoms with E-state index in [-0.39, 0.29) is 29.8 Å². The van der Waals surface area contributed by atoms with Gasteiger partial charge in [-0.25, -0.2) is 9.48 Å². The molecule has 0 bridgehead atoms. The van der Waals surface area contributed by atoms with Gasteiger partial charge in [0.15, 0.2) is 12.3 Å². The summed E-state index contributed by atoms with van der Waals surface area (Å²) in [7, 11) is 1.47. The number of benzene rings is 1. The van der Waals surface area contributed by atoms with Crippen molar-refractivity contribution in [2.24, 2.45) is 7.05 Å². The first-order valence-electron chi connectivity index (χ1n) is 8.86. The van der Waals surface area contributed by atoms with Crippen LogP contribution < -0.4 is 10.9 Å². The van der Waals surface area contributed by atoms with Crippen molar-refractivity contribution in [2.45, 2.75) is 45.6 Å². The Kier molecular flexibility index (Phi) is 6.89. The Morgan fingerprint density at radius 1 is 1.23 bits per heavy atom. The van der Waals surface area contributed by atoms with Gasteiger partial charge in [0.05, 0.1) is 5.39 Å². The first-order valence-corrected chi connectivity index (χ1v) is 8.86. The fraction of sp³-hybridized carbons (Fsp3) is 0.474. The predicted molar refractivity (Wildman–Crippen MR) is 99.0 cm³/mol. The molecule has 0 radical (unpaired) electrons. The van der Waals surface area contributed by atoms with Crippen LogP contribution >= 0.6 is 0 Å². The fourth-order valence-corrected chi connectivity index (χ4v) is 2.74. The van der Waals surface area contributed by atoms with E-state index >= 15 is 0 Å². The highest BCUT2D eigenvalue weighted by Crippen LogP contribution is 2.13. The molecule has 1 heterocycles. The number of fused-ring (bicyclic) bond motifs is 1. The largest absolute Gasteiger partial charge is 0.451 e. The molecule has 2 rings (SSSR count). The number of nitrogens with zero attached hydrogens (tertiary/aromatic N) is 2. The molecule has 1 aromatic heterocycles. The van der Waals surface area contributed by atoms with Crippen molar-refractivity contribution in [3.05, 3.63) is 40.3 Å². The van der Waals surface area contributed by atoms with Gasteiger partial charge < -0.3 is 10.1 Å². The van der Waals surface area contributed by atoms with Crippen LogP contribution in [0.4, 0.5) is 0 Å². The summed E-state index contributed by atoms with van der Waals surface area (Å²) < 4.78 is 6.18. The predicted octanol–water partition coefficient (Wildman–Crippen LogP) is 2.18. The second-order valence-electron chi connectivity index (χ2n) is 6.36. The normalized spacial score (nSPS) is 12.0. The number of carbonyl (C=O) groups is 2. The molecule has 0 saturated carbocycles. The van der Waals surface area contributed by atoms with E-state index < -0.39 is 5.97 Å². The lowest BCUT2D eigenvalue weighted by atomic mass is 10.1. The Bertz CT molecular complexity index is 844. The number of amides is 1. The van der Waals surface area contributed by atoms with Crippen LogP contribution in [-0.2, 0) is 16.6 Å². The van der Waals surface area contributed by atoms with Gasteiger partial charge in [-0.05, 0) is 19.4 Å². The highest BCUT2D eigenvalue weighted by molar-refractivity contribution is 6.02. The lowest BCUT2D eigenvalue weighted by Gasteiger charge is -2.14. The maximum Gasteiger partial charge on any atom is 0.359 e. The zero-order valence-electron chi connectivity index (χ0n) is 15.4. The van der Waals surface area contributed by atoms with E-state index in [9.17, 15) is 14.4 Å². The monoisotopic (exact) mass is 359 g/mol. The van der Waals surface area contributed by atoms with E-state index in [1.807, 2.05) is 6.92 Å². The molecule has 7 heteroatoms. The van der Waals surface area contributed by atoms with E-state index in [4.69, 9.17) is 4.74 Å². The molecular formula is C19H25N3O4. The molecule has 0 fully saturated rings. The lowest BCUT2D eigenvalue weighted by Crippen LogP contribution is -2.36. The summed E-state index contributed by atoms with van der Waals surface area (Å²) >= 11 is 0. The van der Waals surface area contributed by atoms with Crippen LogP contribution in [0.25, 0.3) is 10.8 Å². The third kappa shape index (κ3) is 4.91. The van der Waals surface area contributed by atoms with Crippen LogP contribution in [0.15, 0.2) is 29.1 Å². The fourth-order valence-electron chi connectivity index (χ4n) is 2.74. The van der Waals surface area contributed by atoms with Crippen molar-refractivity contribution in [1.29, 1.82) is 0 Å². The average Bonchev–Trinajstić information content (AvgIpc) is 2.63. The van der Waals surface area contributed by atoms with E-state index in [2.05, 4.69) is 17.3 Å². The zero-order valence-corrected chi connectivity index (χ0v) is 15.4. The number of hydrogen-bond donors (Lipinski definition) is 1. The second-order valence-corrected chi connectivity index (χ2v) is 6.36. The van der Waals surface area contributed by atoms with Crippen molar-refractivity contribution < 1.29 is 14.3 Å². The number of rotatable bonds is 8. The highest BCUT2D eigenvalue weighted by atomic mass is 16.5. The molecule has 0 aliphatic heterocycles. The molecule has 7 nitrogen and oxygen atoms in total. The number of aromatic nitrogens is 2. The van der Waals surface area contributed by atoms with Crippen molar-refractivity contribution in [2.75, 3.05) is 6.61 Å². The molecule has 0 aliphatic carbocycles. The molecule has 26 heavy (non-hydrogen) atoms. The Hall–Kier alpha value is -2.70. The zero-order chi connectivity index (χ0) is 19.1. The summed E-state index contributed by atoms with van der Waals surface area (Å²) in [5.41, 5.74) is -0.276. The molecular weight excluding hydrogens is 334 g/mol. The highest BCUT2D eigenvalue weighted by Gasteiger charge is 2.18. The molecule has 1 amide bonds. The first-order chi connectivity index (χ1) is 12.4. The van der Waals surface area contributed by atoms with E-state index in [0.29, 0.717) is 10.8 Å². The van der Waals surface area contributed by atoms with Crippen molar-refractivity contribution in [3.8, 4) is 0 Å². The van der Waals surface area contributed by atoms with Crippen LogP contribution in [0.2, 0.25) is 0 Å². The second kappa shape index (κ2) is 9.12. The topological polar surface area (TPSA) is 90.3 Å². The molecule has 1 N–H and O–H groups in total. The standard InChI is InChI=1S/C19H25N3O4/c1-4-5-6-9-13(2)20-16(23)12-26-19(25)17-14-10-7-8-11-15(14)18(24)22(3)21-17/h7-8,10-11,13H,4-6,9,12H2,1-3H3,(H,20,23). The van der Waals surface area contributed by atoms with Gasteiger partial charge in [0.2, 0.25) is 0 Å². The van der Waals surface area contributed by atoms with E-state index in [0.717, 1.165) is 30.4 Å². The van der Waals surface area contributed by atoms with Crippen LogP contribution in [0, 0.1) is 0 Å². The van der Waals surface area contributed by atoms with Gasteiger partial charge in [0, 0.05) is 18.5 Å². The van der Waals surface area contributed by atoms with Crippen molar-refractivity contribution in [1.82, 2.24) is 15.1 Å². The summed E-state index contributed by atoms with van der Waals surface area (Å²) in [4.78, 5) is 36.4. The maximum absolute atomic E-state index is 12.3. The summed E-state index contributed by atoms with van der Waals surface area (Å²) in [6.45, 7) is 3.67. The molecule has 1 aromatic carbocycles. The Labute approximate surface area is 152 Å². The summed E-state index contributed by atoms with van der Waals surface area (Å²) in [6, 6.07) is 6.72. The van der Waals surface area contributed by atoms with Gasteiger partial charge in [-0.15, -0.1) is 0 Å². The quantitative estimate of drug-likeness (QED) is 0.576. The van der Waals surface area contributed by atoms with Crippen molar-refractivity contribution >= 4 is 22.6 Å². The smallest absolute Gasteiger partial charge is 0.359 e. The van der Waals surface area contributed by atoms with Gasteiger partial charge in [-0.3, -0.25) is 9.59 Å². The lowest BCUT2D eigenvalue weighted by molar-refractivity contribution is -0.124. The maximum atomic E-state index is 12.3. The number of unbranched alkanes of at least 4 members (excludes halogenated alkanes) is 2. The number of ether oxygens (including phenoxy) is 1.